The van der Waals surface area contributed by atoms with Gasteiger partial charge in [-0.1, -0.05) is 18.2 Å². The molecule has 4 rings (SSSR count). The quantitative estimate of drug-likeness (QED) is 0.508. The molecule has 0 aliphatic heterocycles. The van der Waals surface area contributed by atoms with Crippen LogP contribution in [0.3, 0.4) is 0 Å². The fourth-order valence-corrected chi connectivity index (χ4v) is 3.20. The molecule has 0 saturated heterocycles. The Morgan fingerprint density at radius 1 is 1.08 bits per heavy atom. The van der Waals surface area contributed by atoms with Crippen LogP contribution in [0.2, 0.25) is 0 Å². The Bertz CT molecular complexity index is 1070. The van der Waals surface area contributed by atoms with E-state index in [1.54, 1.807) is 0 Å². The first-order valence-corrected chi connectivity index (χ1v) is 8.70. The molecule has 0 radical (unpaired) electrons. The van der Waals surface area contributed by atoms with Gasteiger partial charge in [0, 0.05) is 28.1 Å². The van der Waals surface area contributed by atoms with Gasteiger partial charge in [-0.15, -0.1) is 0 Å². The van der Waals surface area contributed by atoms with Gasteiger partial charge in [-0.05, 0) is 58.4 Å². The standard InChI is InChI=1S/C20H13BrFN3O/c21-17-11-14(22)6-9-16(17)20(26)23-15-7-4-13(5-8-15)18-12-25-10-2-1-3-19(25)24-18/h1-12H,(H,23,26). The minimum absolute atomic E-state index is 0.308. The van der Waals surface area contributed by atoms with E-state index in [0.717, 1.165) is 16.9 Å². The largest absolute Gasteiger partial charge is 0.322 e. The lowest BCUT2D eigenvalue weighted by Crippen LogP contribution is -2.12. The van der Waals surface area contributed by atoms with Crippen molar-refractivity contribution in [1.29, 1.82) is 0 Å². The monoisotopic (exact) mass is 409 g/mol. The number of aromatic nitrogens is 2. The molecular weight excluding hydrogens is 397 g/mol. The molecule has 0 aliphatic carbocycles. The number of pyridine rings is 1. The van der Waals surface area contributed by atoms with Crippen LogP contribution in [0, 0.1) is 5.82 Å². The number of amides is 1. The molecule has 128 valence electrons. The van der Waals surface area contributed by atoms with Gasteiger partial charge in [0.1, 0.15) is 11.5 Å². The van der Waals surface area contributed by atoms with Gasteiger partial charge in [0.05, 0.1) is 11.3 Å². The average Bonchev–Trinajstić information content (AvgIpc) is 3.06. The molecule has 0 aliphatic rings. The molecule has 1 amide bonds. The van der Waals surface area contributed by atoms with E-state index in [9.17, 15) is 9.18 Å². The second-order valence-electron chi connectivity index (χ2n) is 5.75. The first-order chi connectivity index (χ1) is 12.6. The lowest BCUT2D eigenvalue weighted by Gasteiger charge is -2.07. The van der Waals surface area contributed by atoms with Crippen molar-refractivity contribution in [3.8, 4) is 11.3 Å². The van der Waals surface area contributed by atoms with Crippen LogP contribution in [-0.2, 0) is 0 Å². The Balaban J connectivity index is 1.55. The molecule has 4 aromatic rings. The molecular formula is C20H13BrFN3O. The van der Waals surface area contributed by atoms with Crippen molar-refractivity contribution < 1.29 is 9.18 Å². The number of hydrogen-bond donors (Lipinski definition) is 1. The highest BCUT2D eigenvalue weighted by atomic mass is 79.9. The molecule has 1 N–H and O–H groups in total. The Hall–Kier alpha value is -2.99. The lowest BCUT2D eigenvalue weighted by molar-refractivity contribution is 0.102. The number of nitrogens with zero attached hydrogens (tertiary/aromatic N) is 2. The van der Waals surface area contributed by atoms with Crippen LogP contribution < -0.4 is 5.32 Å². The van der Waals surface area contributed by atoms with E-state index < -0.39 is 5.82 Å². The van der Waals surface area contributed by atoms with Crippen LogP contribution in [0.5, 0.6) is 0 Å². The highest BCUT2D eigenvalue weighted by Gasteiger charge is 2.11. The van der Waals surface area contributed by atoms with E-state index in [1.165, 1.54) is 18.2 Å². The fraction of sp³-hybridized carbons (Fsp3) is 0. The fourth-order valence-electron chi connectivity index (χ4n) is 2.67. The van der Waals surface area contributed by atoms with E-state index in [0.29, 0.717) is 15.7 Å². The molecule has 2 aromatic heterocycles. The zero-order chi connectivity index (χ0) is 18.1. The normalized spacial score (nSPS) is 10.8. The first-order valence-electron chi connectivity index (χ1n) is 7.91. The van der Waals surface area contributed by atoms with Gasteiger partial charge < -0.3 is 9.72 Å². The molecule has 0 saturated carbocycles. The number of carbonyl (C=O) groups excluding carboxylic acids is 1. The molecule has 0 atom stereocenters. The Morgan fingerprint density at radius 2 is 1.88 bits per heavy atom. The van der Waals surface area contributed by atoms with Crippen molar-refractivity contribution in [3.63, 3.8) is 0 Å². The summed E-state index contributed by atoms with van der Waals surface area (Å²) < 4.78 is 15.5. The number of anilines is 1. The summed E-state index contributed by atoms with van der Waals surface area (Å²) in [7, 11) is 0. The summed E-state index contributed by atoms with van der Waals surface area (Å²) in [5.74, 6) is -0.706. The van der Waals surface area contributed by atoms with Crippen molar-refractivity contribution in [2.24, 2.45) is 0 Å². The highest BCUT2D eigenvalue weighted by Crippen LogP contribution is 2.23. The summed E-state index contributed by atoms with van der Waals surface area (Å²) in [5.41, 5.74) is 3.71. The number of imidazole rings is 1. The maximum atomic E-state index is 13.2. The second-order valence-corrected chi connectivity index (χ2v) is 6.60. The third-order valence-electron chi connectivity index (χ3n) is 3.98. The smallest absolute Gasteiger partial charge is 0.256 e. The zero-order valence-electron chi connectivity index (χ0n) is 13.5. The lowest BCUT2D eigenvalue weighted by atomic mass is 10.1. The third-order valence-corrected chi connectivity index (χ3v) is 4.63. The first kappa shape index (κ1) is 16.5. The number of rotatable bonds is 3. The van der Waals surface area contributed by atoms with Crippen LogP contribution >= 0.6 is 15.9 Å². The number of benzene rings is 2. The molecule has 26 heavy (non-hydrogen) atoms. The summed E-state index contributed by atoms with van der Waals surface area (Å²) in [6, 6.07) is 17.2. The minimum Gasteiger partial charge on any atom is -0.322 e. The predicted molar refractivity (Wildman–Crippen MR) is 103 cm³/mol. The van der Waals surface area contributed by atoms with Crippen LogP contribution in [-0.4, -0.2) is 15.3 Å². The Morgan fingerprint density at radius 3 is 2.62 bits per heavy atom. The van der Waals surface area contributed by atoms with Crippen molar-refractivity contribution >= 4 is 33.2 Å². The predicted octanol–water partition coefficient (Wildman–Crippen LogP) is 5.16. The summed E-state index contributed by atoms with van der Waals surface area (Å²) in [5, 5.41) is 2.81. The van der Waals surface area contributed by atoms with E-state index in [1.807, 2.05) is 59.3 Å². The third kappa shape index (κ3) is 3.23. The number of hydrogen-bond acceptors (Lipinski definition) is 2. The van der Waals surface area contributed by atoms with Gasteiger partial charge in [0.25, 0.3) is 5.91 Å². The summed E-state index contributed by atoms with van der Waals surface area (Å²) in [6.45, 7) is 0. The van der Waals surface area contributed by atoms with Crippen LogP contribution in [0.15, 0.2) is 77.5 Å². The number of halogens is 2. The van der Waals surface area contributed by atoms with E-state index in [4.69, 9.17) is 0 Å². The summed E-state index contributed by atoms with van der Waals surface area (Å²) in [4.78, 5) is 16.9. The van der Waals surface area contributed by atoms with Crippen molar-refractivity contribution in [2.75, 3.05) is 5.32 Å². The topological polar surface area (TPSA) is 46.4 Å². The molecule has 6 heteroatoms. The Kier molecular flexibility index (Phi) is 4.26. The second kappa shape index (κ2) is 6.72. The molecule has 0 spiro atoms. The molecule has 0 unspecified atom stereocenters. The van der Waals surface area contributed by atoms with Gasteiger partial charge in [-0.2, -0.15) is 0 Å². The number of fused-ring (bicyclic) bond motifs is 1. The van der Waals surface area contributed by atoms with E-state index in [2.05, 4.69) is 26.2 Å². The molecule has 0 fully saturated rings. The van der Waals surface area contributed by atoms with Crippen molar-refractivity contribution in [3.05, 3.63) is 88.9 Å². The van der Waals surface area contributed by atoms with Gasteiger partial charge in [-0.3, -0.25) is 4.79 Å². The maximum absolute atomic E-state index is 13.2. The van der Waals surface area contributed by atoms with Gasteiger partial charge in [0.15, 0.2) is 0 Å². The molecule has 2 heterocycles. The molecule has 2 aromatic carbocycles. The highest BCUT2D eigenvalue weighted by molar-refractivity contribution is 9.10. The van der Waals surface area contributed by atoms with Crippen LogP contribution in [0.4, 0.5) is 10.1 Å². The zero-order valence-corrected chi connectivity index (χ0v) is 15.1. The average molecular weight is 410 g/mol. The molecule has 4 nitrogen and oxygen atoms in total. The summed E-state index contributed by atoms with van der Waals surface area (Å²) in [6.07, 6.45) is 3.90. The van der Waals surface area contributed by atoms with E-state index >= 15 is 0 Å². The van der Waals surface area contributed by atoms with Gasteiger partial charge >= 0.3 is 0 Å². The van der Waals surface area contributed by atoms with Gasteiger partial charge in [-0.25, -0.2) is 9.37 Å². The maximum Gasteiger partial charge on any atom is 0.256 e. The van der Waals surface area contributed by atoms with Gasteiger partial charge in [0.2, 0.25) is 0 Å². The van der Waals surface area contributed by atoms with Crippen molar-refractivity contribution in [2.45, 2.75) is 0 Å². The van der Waals surface area contributed by atoms with Crippen LogP contribution in [0.25, 0.3) is 16.9 Å². The van der Waals surface area contributed by atoms with Crippen molar-refractivity contribution in [1.82, 2.24) is 9.38 Å². The molecule has 0 bridgehead atoms. The van der Waals surface area contributed by atoms with Crippen LogP contribution in [0.1, 0.15) is 10.4 Å². The minimum atomic E-state index is -0.398. The summed E-state index contributed by atoms with van der Waals surface area (Å²) >= 11 is 3.21. The SMILES string of the molecule is O=C(Nc1ccc(-c2cn3ccccc3n2)cc1)c1ccc(F)cc1Br. The van der Waals surface area contributed by atoms with E-state index in [-0.39, 0.29) is 5.91 Å². The number of nitrogens with one attached hydrogen (secondary N) is 1. The number of carbonyl (C=O) groups is 1. The Labute approximate surface area is 157 Å².